The zero-order chi connectivity index (χ0) is 14.8. The molecule has 4 nitrogen and oxygen atoms in total. The zero-order valence-corrected chi connectivity index (χ0v) is 12.7. The van der Waals surface area contributed by atoms with Gasteiger partial charge >= 0.3 is 0 Å². The summed E-state index contributed by atoms with van der Waals surface area (Å²) in [5.74, 6) is 0.780. The van der Waals surface area contributed by atoms with Crippen LogP contribution >= 0.6 is 11.8 Å². The van der Waals surface area contributed by atoms with Crippen molar-refractivity contribution < 1.29 is 12.8 Å². The first-order valence-corrected chi connectivity index (χ1v) is 9.11. The van der Waals surface area contributed by atoms with E-state index in [2.05, 4.69) is 0 Å². The van der Waals surface area contributed by atoms with Crippen LogP contribution in [0.5, 0.6) is 0 Å². The van der Waals surface area contributed by atoms with E-state index in [0.717, 1.165) is 11.8 Å². The number of anilines is 1. The van der Waals surface area contributed by atoms with Crippen LogP contribution in [0.15, 0.2) is 18.2 Å². The van der Waals surface area contributed by atoms with Crippen molar-refractivity contribution in [1.82, 2.24) is 0 Å². The van der Waals surface area contributed by atoms with Crippen LogP contribution < -0.4 is 4.90 Å². The van der Waals surface area contributed by atoms with E-state index in [9.17, 15) is 12.8 Å². The number of benzene rings is 1. The van der Waals surface area contributed by atoms with E-state index in [0.29, 0.717) is 18.0 Å². The van der Waals surface area contributed by atoms with E-state index < -0.39 is 21.0 Å². The van der Waals surface area contributed by atoms with Crippen molar-refractivity contribution in [1.29, 1.82) is 5.26 Å². The quantitative estimate of drug-likeness (QED) is 0.854. The molecule has 108 valence electrons. The predicted molar refractivity (Wildman–Crippen MR) is 79.0 cm³/mol. The molecule has 1 aromatic rings. The molecule has 0 aliphatic carbocycles. The Labute approximate surface area is 122 Å². The number of sulfone groups is 1. The summed E-state index contributed by atoms with van der Waals surface area (Å²) in [7, 11) is -3.25. The Bertz CT molecular complexity index is 640. The van der Waals surface area contributed by atoms with E-state index in [1.54, 1.807) is 23.6 Å². The predicted octanol–water partition coefficient (Wildman–Crippen LogP) is 2.01. The van der Waals surface area contributed by atoms with Gasteiger partial charge in [-0.2, -0.15) is 17.0 Å². The first kappa shape index (κ1) is 15.1. The molecule has 0 aromatic heterocycles. The minimum atomic E-state index is -3.25. The number of hydrogen-bond acceptors (Lipinski definition) is 5. The smallest absolute Gasteiger partial charge is 0.171 e. The van der Waals surface area contributed by atoms with Gasteiger partial charge in [-0.15, -0.1) is 0 Å². The Morgan fingerprint density at radius 3 is 2.90 bits per heavy atom. The van der Waals surface area contributed by atoms with E-state index in [1.807, 2.05) is 6.07 Å². The van der Waals surface area contributed by atoms with E-state index >= 15 is 0 Å². The fraction of sp³-hybridized carbons (Fsp3) is 0.462. The summed E-state index contributed by atoms with van der Waals surface area (Å²) < 4.78 is 37.9. The van der Waals surface area contributed by atoms with E-state index in [4.69, 9.17) is 5.26 Å². The summed E-state index contributed by atoms with van der Waals surface area (Å²) in [5.41, 5.74) is 0.662. The average Bonchev–Trinajstić information content (AvgIpc) is 2.46. The molecule has 1 heterocycles. The Morgan fingerprint density at radius 2 is 2.25 bits per heavy atom. The lowest BCUT2D eigenvalue weighted by Gasteiger charge is -2.36. The number of hydrogen-bond donors (Lipinski definition) is 0. The number of nitriles is 1. The van der Waals surface area contributed by atoms with Crippen LogP contribution in [0, 0.1) is 17.1 Å². The van der Waals surface area contributed by atoms with Crippen LogP contribution in [-0.4, -0.2) is 37.6 Å². The van der Waals surface area contributed by atoms with Gasteiger partial charge in [-0.25, -0.2) is 12.8 Å². The molecule has 0 spiro atoms. The molecule has 0 bridgehead atoms. The number of nitrogens with zero attached hydrogens (tertiary/aromatic N) is 2. The van der Waals surface area contributed by atoms with Crippen LogP contribution in [-0.2, 0) is 9.84 Å². The van der Waals surface area contributed by atoms with Gasteiger partial charge in [0.05, 0.1) is 11.6 Å². The highest BCUT2D eigenvalue weighted by molar-refractivity contribution is 8.01. The van der Waals surface area contributed by atoms with Gasteiger partial charge in [-0.3, -0.25) is 0 Å². The van der Waals surface area contributed by atoms with Crippen molar-refractivity contribution in [3.05, 3.63) is 29.6 Å². The molecular weight excluding hydrogens is 299 g/mol. The van der Waals surface area contributed by atoms with Gasteiger partial charge < -0.3 is 4.90 Å². The van der Waals surface area contributed by atoms with Gasteiger partial charge in [0.1, 0.15) is 11.2 Å². The van der Waals surface area contributed by atoms with Crippen molar-refractivity contribution in [3.8, 4) is 6.07 Å². The lowest BCUT2D eigenvalue weighted by Crippen LogP contribution is -2.48. The number of rotatable bonds is 3. The zero-order valence-electron chi connectivity index (χ0n) is 11.0. The van der Waals surface area contributed by atoms with Gasteiger partial charge in [-0.1, -0.05) is 6.92 Å². The molecule has 1 fully saturated rings. The third-order valence-electron chi connectivity index (χ3n) is 3.24. The van der Waals surface area contributed by atoms with Crippen molar-refractivity contribution in [2.45, 2.75) is 12.3 Å². The van der Waals surface area contributed by atoms with Gasteiger partial charge in [0.2, 0.25) is 0 Å². The molecular formula is C13H15FN2O2S2. The van der Waals surface area contributed by atoms with E-state index in [-0.39, 0.29) is 11.3 Å². The Hall–Kier alpha value is -1.26. The fourth-order valence-corrected chi connectivity index (χ4v) is 5.16. The second-order valence-electron chi connectivity index (χ2n) is 4.48. The maximum atomic E-state index is 13.5. The first-order chi connectivity index (χ1) is 9.47. The summed E-state index contributed by atoms with van der Waals surface area (Å²) in [6.45, 7) is 2.14. The van der Waals surface area contributed by atoms with E-state index in [1.165, 1.54) is 12.1 Å². The molecule has 20 heavy (non-hydrogen) atoms. The maximum absolute atomic E-state index is 13.5. The molecule has 0 radical (unpaired) electrons. The maximum Gasteiger partial charge on any atom is 0.171 e. The van der Waals surface area contributed by atoms with Gasteiger partial charge in [0.15, 0.2) is 9.84 Å². The summed E-state index contributed by atoms with van der Waals surface area (Å²) in [6, 6.07) is 5.86. The molecule has 1 aliphatic rings. The molecule has 0 N–H and O–H groups in total. The van der Waals surface area contributed by atoms with Crippen LogP contribution in [0.25, 0.3) is 0 Å². The van der Waals surface area contributed by atoms with Crippen molar-refractivity contribution in [2.75, 3.05) is 28.7 Å². The summed E-state index contributed by atoms with van der Waals surface area (Å²) in [4.78, 5) is 1.69. The van der Waals surface area contributed by atoms with Gasteiger partial charge in [-0.05, 0) is 18.2 Å². The van der Waals surface area contributed by atoms with Gasteiger partial charge in [0.25, 0.3) is 0 Å². The molecule has 0 amide bonds. The van der Waals surface area contributed by atoms with Crippen LogP contribution in [0.2, 0.25) is 0 Å². The Balaban J connectivity index is 2.43. The van der Waals surface area contributed by atoms with Crippen molar-refractivity contribution >= 4 is 27.3 Å². The summed E-state index contributed by atoms with van der Waals surface area (Å²) >= 11 is 1.58. The third-order valence-corrected chi connectivity index (χ3v) is 6.53. The van der Waals surface area contributed by atoms with Crippen molar-refractivity contribution in [2.24, 2.45) is 0 Å². The SMILES string of the molecule is CCS(=O)(=O)C1CSCCN1c1cc(F)cc(C#N)c1. The molecule has 7 heteroatoms. The molecule has 1 aromatic carbocycles. The highest BCUT2D eigenvalue weighted by Gasteiger charge is 2.33. The highest BCUT2D eigenvalue weighted by Crippen LogP contribution is 2.28. The first-order valence-electron chi connectivity index (χ1n) is 6.24. The average molecular weight is 314 g/mol. The third kappa shape index (κ3) is 3.07. The normalized spacial score (nSPS) is 19.6. The van der Waals surface area contributed by atoms with Crippen molar-refractivity contribution in [3.63, 3.8) is 0 Å². The minimum absolute atomic E-state index is 0.0507. The topological polar surface area (TPSA) is 61.2 Å². The second-order valence-corrected chi connectivity index (χ2v) is 8.08. The molecule has 0 saturated carbocycles. The summed E-state index contributed by atoms with van der Waals surface area (Å²) in [5, 5.41) is 8.25. The van der Waals surface area contributed by atoms with Crippen LogP contribution in [0.4, 0.5) is 10.1 Å². The van der Waals surface area contributed by atoms with Gasteiger partial charge in [0, 0.05) is 29.5 Å². The number of thioether (sulfide) groups is 1. The summed E-state index contributed by atoms with van der Waals surface area (Å²) in [6.07, 6.45) is 0. The number of halogens is 1. The standard InChI is InChI=1S/C13H15FN2O2S2/c1-2-20(17,18)13-9-19-4-3-16(13)12-6-10(8-15)5-11(14)7-12/h5-7,13H,2-4,9H2,1H3. The minimum Gasteiger partial charge on any atom is -0.353 e. The fourth-order valence-electron chi connectivity index (χ4n) is 2.17. The van der Waals surface area contributed by atoms with Crippen LogP contribution in [0.1, 0.15) is 12.5 Å². The lowest BCUT2D eigenvalue weighted by molar-refractivity contribution is 0.578. The lowest BCUT2D eigenvalue weighted by atomic mass is 10.2. The highest BCUT2D eigenvalue weighted by atomic mass is 32.2. The largest absolute Gasteiger partial charge is 0.353 e. The second kappa shape index (κ2) is 6.02. The molecule has 1 aliphatic heterocycles. The molecule has 1 atom stereocenters. The molecule has 2 rings (SSSR count). The molecule has 1 unspecified atom stereocenters. The Kier molecular flexibility index (Phi) is 4.55. The monoisotopic (exact) mass is 314 g/mol. The molecule has 1 saturated heterocycles. The van der Waals surface area contributed by atoms with Crippen LogP contribution in [0.3, 0.4) is 0 Å². The Morgan fingerprint density at radius 1 is 1.50 bits per heavy atom.